The fourth-order valence-electron chi connectivity index (χ4n) is 4.37. The molecule has 0 aliphatic heterocycles. The maximum atomic E-state index is 12.3. The molecule has 2 aromatic carbocycles. The van der Waals surface area contributed by atoms with Crippen molar-refractivity contribution in [1.29, 1.82) is 0 Å². The molecular formula is C28H34N6O3. The van der Waals surface area contributed by atoms with E-state index in [4.69, 9.17) is 4.98 Å². The molecule has 194 valence electrons. The quantitative estimate of drug-likeness (QED) is 0.312. The molecule has 9 heteroatoms. The summed E-state index contributed by atoms with van der Waals surface area (Å²) in [7, 11) is 5.95. The summed E-state index contributed by atoms with van der Waals surface area (Å²) in [6.45, 7) is 3.75. The minimum Gasteiger partial charge on any atom is -0.372 e. The van der Waals surface area contributed by atoms with Crippen molar-refractivity contribution in [2.24, 2.45) is 0 Å². The molecule has 1 amide bonds. The van der Waals surface area contributed by atoms with Gasteiger partial charge in [0.2, 0.25) is 11.9 Å². The first-order chi connectivity index (χ1) is 17.7. The number of aromatic nitrogens is 2. The van der Waals surface area contributed by atoms with E-state index in [0.29, 0.717) is 23.2 Å². The number of benzene rings is 2. The Morgan fingerprint density at radius 3 is 2.62 bits per heavy atom. The monoisotopic (exact) mass is 502 g/mol. The van der Waals surface area contributed by atoms with Crippen molar-refractivity contribution in [1.82, 2.24) is 14.9 Å². The molecule has 1 atom stereocenters. The molecule has 0 saturated heterocycles. The van der Waals surface area contributed by atoms with Crippen LogP contribution >= 0.6 is 0 Å². The number of aliphatic hydroxyl groups excluding tert-OH is 1. The van der Waals surface area contributed by atoms with E-state index in [-0.39, 0.29) is 0 Å². The molecule has 9 nitrogen and oxygen atoms in total. The second-order valence-corrected chi connectivity index (χ2v) is 9.54. The smallest absolute Gasteiger partial charge is 0.229 e. The number of anilines is 4. The third-order valence-corrected chi connectivity index (χ3v) is 6.28. The molecule has 3 aromatic rings. The zero-order valence-electron chi connectivity index (χ0n) is 21.6. The summed E-state index contributed by atoms with van der Waals surface area (Å²) < 4.78 is 0. The number of likely N-dealkylation sites (N-methyl/N-ethyl adjacent to an activating group) is 2. The molecule has 1 aliphatic carbocycles. The molecule has 0 saturated carbocycles. The predicted molar refractivity (Wildman–Crippen MR) is 147 cm³/mol. The summed E-state index contributed by atoms with van der Waals surface area (Å²) >= 11 is 0. The van der Waals surface area contributed by atoms with Crippen LogP contribution in [0.15, 0.2) is 60.8 Å². The normalized spacial score (nSPS) is 14.5. The van der Waals surface area contributed by atoms with Crippen LogP contribution in [0, 0.1) is 0 Å². The summed E-state index contributed by atoms with van der Waals surface area (Å²) in [5.74, 6) is 0.263. The first kappa shape index (κ1) is 26.3. The van der Waals surface area contributed by atoms with Crippen LogP contribution in [-0.4, -0.2) is 71.5 Å². The van der Waals surface area contributed by atoms with Crippen molar-refractivity contribution < 1.29 is 15.0 Å². The number of hydrogen-bond donors (Lipinski definition) is 4. The highest BCUT2D eigenvalue weighted by atomic mass is 16.5. The van der Waals surface area contributed by atoms with Crippen molar-refractivity contribution >= 4 is 34.5 Å². The minimum absolute atomic E-state index is 0.318. The number of carbonyl (C=O) groups is 1. The van der Waals surface area contributed by atoms with E-state index < -0.39 is 18.6 Å². The van der Waals surface area contributed by atoms with Gasteiger partial charge in [0.1, 0.15) is 0 Å². The van der Waals surface area contributed by atoms with E-state index in [0.717, 1.165) is 30.0 Å². The molecule has 1 aliphatic rings. The van der Waals surface area contributed by atoms with E-state index in [1.807, 2.05) is 50.3 Å². The van der Waals surface area contributed by atoms with Crippen LogP contribution < -0.4 is 15.5 Å². The molecule has 0 bridgehead atoms. The lowest BCUT2D eigenvalue weighted by Gasteiger charge is -2.25. The van der Waals surface area contributed by atoms with Gasteiger partial charge in [-0.25, -0.2) is 9.97 Å². The number of carbonyl (C=O) groups excluding carboxylic acids is 1. The van der Waals surface area contributed by atoms with Gasteiger partial charge in [-0.2, -0.15) is 0 Å². The van der Waals surface area contributed by atoms with Crippen LogP contribution in [0.25, 0.3) is 5.57 Å². The van der Waals surface area contributed by atoms with Crippen molar-refractivity contribution in [2.75, 3.05) is 49.8 Å². The maximum absolute atomic E-state index is 12.3. The zero-order valence-corrected chi connectivity index (χ0v) is 21.6. The van der Waals surface area contributed by atoms with Crippen molar-refractivity contribution in [3.05, 3.63) is 77.6 Å². The highest BCUT2D eigenvalue weighted by Crippen LogP contribution is 2.38. The van der Waals surface area contributed by atoms with Crippen molar-refractivity contribution in [3.8, 4) is 0 Å². The molecule has 4 rings (SSSR count). The van der Waals surface area contributed by atoms with Gasteiger partial charge in [-0.15, -0.1) is 0 Å². The molecule has 1 aromatic heterocycles. The summed E-state index contributed by atoms with van der Waals surface area (Å²) in [6, 6.07) is 15.9. The fraction of sp³-hybridized carbons (Fsp3) is 0.321. The van der Waals surface area contributed by atoms with E-state index in [9.17, 15) is 15.0 Å². The molecule has 0 radical (unpaired) electrons. The second kappa shape index (κ2) is 11.5. The van der Waals surface area contributed by atoms with Crippen LogP contribution in [-0.2, 0) is 4.79 Å². The number of amides is 1. The fourth-order valence-corrected chi connectivity index (χ4v) is 4.37. The van der Waals surface area contributed by atoms with Crippen molar-refractivity contribution in [2.45, 2.75) is 25.6 Å². The second-order valence-electron chi connectivity index (χ2n) is 9.54. The average Bonchev–Trinajstić information content (AvgIpc) is 3.19. The highest BCUT2D eigenvalue weighted by Gasteiger charge is 2.22. The van der Waals surface area contributed by atoms with Crippen LogP contribution in [0.1, 0.15) is 36.1 Å². The topological polar surface area (TPSA) is 114 Å². The summed E-state index contributed by atoms with van der Waals surface area (Å²) in [5.41, 5.74) is 6.44. The first-order valence-electron chi connectivity index (χ1n) is 12.3. The molecule has 4 N–H and O–H groups in total. The van der Waals surface area contributed by atoms with Gasteiger partial charge in [-0.3, -0.25) is 4.79 Å². The maximum Gasteiger partial charge on any atom is 0.229 e. The van der Waals surface area contributed by atoms with E-state index in [1.54, 1.807) is 12.3 Å². The lowest BCUT2D eigenvalue weighted by molar-refractivity contribution is -0.124. The summed E-state index contributed by atoms with van der Waals surface area (Å²) in [6.07, 6.45) is 1.81. The standard InChI is InChI=1S/C28H34N6O3/c1-18-15-22(21-8-6-5-7-20(18)21)23-11-12-29-28(32-23)30-19-9-10-25(34(4)14-13-33(2)3)24(16-19)31-26(35)17-27(36)37/h5-12,15-16,18,27,36-37H,13-14,17H2,1-4H3,(H,31,35)(H,29,30,32). The SMILES string of the molecule is CC1C=C(c2ccnc(Nc3ccc(N(C)CCN(C)C)c(NC(=O)CC(O)O)c3)n2)c2ccccc21. The summed E-state index contributed by atoms with van der Waals surface area (Å²) in [5, 5.41) is 24.5. The lowest BCUT2D eigenvalue weighted by atomic mass is 10.0. The first-order valence-corrected chi connectivity index (χ1v) is 12.3. The Morgan fingerprint density at radius 1 is 1.08 bits per heavy atom. The molecule has 0 spiro atoms. The molecule has 1 heterocycles. The van der Waals surface area contributed by atoms with Gasteiger partial charge in [-0.1, -0.05) is 37.3 Å². The van der Waals surface area contributed by atoms with Crippen LogP contribution in [0.3, 0.4) is 0 Å². The Labute approximate surface area is 217 Å². The molecule has 1 unspecified atom stereocenters. The summed E-state index contributed by atoms with van der Waals surface area (Å²) in [4.78, 5) is 25.6. The Kier molecular flexibility index (Phi) is 8.17. The molecule has 0 fully saturated rings. The number of nitrogens with zero attached hydrogens (tertiary/aromatic N) is 4. The number of aliphatic hydroxyl groups is 2. The van der Waals surface area contributed by atoms with Gasteiger partial charge in [-0.05, 0) is 49.5 Å². The number of hydrogen-bond acceptors (Lipinski definition) is 8. The lowest BCUT2D eigenvalue weighted by Crippen LogP contribution is -2.29. The Balaban J connectivity index is 1.59. The highest BCUT2D eigenvalue weighted by molar-refractivity contribution is 5.95. The predicted octanol–water partition coefficient (Wildman–Crippen LogP) is 3.41. The van der Waals surface area contributed by atoms with Gasteiger partial charge in [0.25, 0.3) is 0 Å². The number of allylic oxidation sites excluding steroid dienone is 1. The number of fused-ring (bicyclic) bond motifs is 1. The third kappa shape index (κ3) is 6.51. The minimum atomic E-state index is -1.72. The van der Waals surface area contributed by atoms with Gasteiger partial charge < -0.3 is 30.6 Å². The third-order valence-electron chi connectivity index (χ3n) is 6.28. The van der Waals surface area contributed by atoms with Gasteiger partial charge in [0.05, 0.1) is 23.5 Å². The van der Waals surface area contributed by atoms with E-state index >= 15 is 0 Å². The largest absolute Gasteiger partial charge is 0.372 e. The van der Waals surface area contributed by atoms with Gasteiger partial charge in [0, 0.05) is 43.5 Å². The Morgan fingerprint density at radius 2 is 1.86 bits per heavy atom. The average molecular weight is 503 g/mol. The van der Waals surface area contributed by atoms with E-state index in [1.165, 1.54) is 11.1 Å². The zero-order chi connectivity index (χ0) is 26.5. The molecular weight excluding hydrogens is 468 g/mol. The number of rotatable bonds is 10. The van der Waals surface area contributed by atoms with Gasteiger partial charge in [0.15, 0.2) is 6.29 Å². The number of nitrogens with one attached hydrogen (secondary N) is 2. The van der Waals surface area contributed by atoms with Crippen LogP contribution in [0.5, 0.6) is 0 Å². The van der Waals surface area contributed by atoms with E-state index in [2.05, 4.69) is 51.7 Å². The van der Waals surface area contributed by atoms with Gasteiger partial charge >= 0.3 is 0 Å². The van der Waals surface area contributed by atoms with Crippen LogP contribution in [0.2, 0.25) is 0 Å². The molecule has 37 heavy (non-hydrogen) atoms. The Hall–Kier alpha value is -3.79. The van der Waals surface area contributed by atoms with Crippen LogP contribution in [0.4, 0.5) is 23.0 Å². The van der Waals surface area contributed by atoms with Crippen molar-refractivity contribution in [3.63, 3.8) is 0 Å². The Bertz CT molecular complexity index is 1290.